The first-order valence-electron chi connectivity index (χ1n) is 17.9. The second-order valence-electron chi connectivity index (χ2n) is 12.9. The normalized spacial score (nSPS) is 19.0. The number of nitrogens with one attached hydrogen (secondary N) is 5. The summed E-state index contributed by atoms with van der Waals surface area (Å²) in [7, 11) is 0. The summed E-state index contributed by atoms with van der Waals surface area (Å²) in [5, 5.41) is 15.6. The lowest BCUT2D eigenvalue weighted by molar-refractivity contribution is -0.128. The number of ether oxygens (including phenoxy) is 4. The van der Waals surface area contributed by atoms with E-state index in [9.17, 15) is 9.59 Å². The topological polar surface area (TPSA) is 222 Å². The van der Waals surface area contributed by atoms with Crippen molar-refractivity contribution >= 4 is 35.3 Å². The summed E-state index contributed by atoms with van der Waals surface area (Å²) in [5.41, 5.74) is 12.2. The molecule has 2 aliphatic carbocycles. The van der Waals surface area contributed by atoms with E-state index in [4.69, 9.17) is 30.4 Å². The molecule has 2 aromatic rings. The van der Waals surface area contributed by atoms with Crippen LogP contribution in [0.1, 0.15) is 37.0 Å². The quantitative estimate of drug-likeness (QED) is 0.0770. The fraction of sp³-hybridized carbons (Fsp3) is 0.486. The van der Waals surface area contributed by atoms with Gasteiger partial charge in [-0.25, -0.2) is 0 Å². The maximum absolute atomic E-state index is 12.6. The number of anilines is 4. The van der Waals surface area contributed by atoms with E-state index < -0.39 is 11.0 Å². The Labute approximate surface area is 311 Å². The minimum atomic E-state index is -0.517. The van der Waals surface area contributed by atoms with E-state index in [-0.39, 0.29) is 11.8 Å². The van der Waals surface area contributed by atoms with Crippen molar-refractivity contribution < 1.29 is 28.5 Å². The van der Waals surface area contributed by atoms with E-state index in [0.29, 0.717) is 127 Å². The molecule has 0 spiro atoms. The molecule has 16 heteroatoms. The standard InChI is InChI=1S/C37H54N10O6/c1-36(12-4-3-5-13-36)32(49)41-18-22-52-26-27-53-23-19-42-33-44-34(46-35(45-33)47-37(2)14-10-29(39)11-15-37)43-30-8-6-28(7-9-30)31(48)40-17-21-51-25-24-50-20-16-38/h3-12,14H,13,15-27,38-39H2,1-2H3,(H,40,48)(H,41,49)(H3,42,43,44,45,46,47). The van der Waals surface area contributed by atoms with Gasteiger partial charge in [0, 0.05) is 43.1 Å². The first kappa shape index (κ1) is 40.9. The van der Waals surface area contributed by atoms with Gasteiger partial charge < -0.3 is 57.0 Å². The Kier molecular flexibility index (Phi) is 16.7. The molecule has 53 heavy (non-hydrogen) atoms. The van der Waals surface area contributed by atoms with Gasteiger partial charge >= 0.3 is 0 Å². The van der Waals surface area contributed by atoms with Crippen LogP contribution >= 0.6 is 0 Å². The SMILES string of the molecule is CC1(Nc2nc(NCCOCCOCCNC(=O)C3(C)C=CC=CC3)nc(Nc3ccc(C(=O)NCCOCCOCCN)cc3)n2)C=CC(N)=CC1. The smallest absolute Gasteiger partial charge is 0.251 e. The van der Waals surface area contributed by atoms with Crippen LogP contribution in [0.25, 0.3) is 0 Å². The van der Waals surface area contributed by atoms with Crippen molar-refractivity contribution in [2.24, 2.45) is 16.9 Å². The van der Waals surface area contributed by atoms with Crippen LogP contribution in [-0.4, -0.2) is 111 Å². The summed E-state index contributed by atoms with van der Waals surface area (Å²) in [4.78, 5) is 38.8. The van der Waals surface area contributed by atoms with Crippen molar-refractivity contribution in [3.8, 4) is 0 Å². The molecule has 1 aromatic carbocycles. The fourth-order valence-electron chi connectivity index (χ4n) is 5.13. The van der Waals surface area contributed by atoms with E-state index in [0.717, 1.165) is 0 Å². The third kappa shape index (κ3) is 14.6. The highest BCUT2D eigenvalue weighted by Gasteiger charge is 2.29. The van der Waals surface area contributed by atoms with E-state index in [1.165, 1.54) is 0 Å². The van der Waals surface area contributed by atoms with Crippen LogP contribution in [0.15, 0.2) is 72.5 Å². The molecule has 0 aliphatic heterocycles. The van der Waals surface area contributed by atoms with E-state index in [1.54, 1.807) is 24.3 Å². The molecule has 2 unspecified atom stereocenters. The number of hydrogen-bond donors (Lipinski definition) is 7. The highest BCUT2D eigenvalue weighted by molar-refractivity contribution is 5.94. The first-order valence-corrected chi connectivity index (χ1v) is 17.9. The highest BCUT2D eigenvalue weighted by Crippen LogP contribution is 2.27. The van der Waals surface area contributed by atoms with Gasteiger partial charge in [0.15, 0.2) is 0 Å². The number of amides is 2. The zero-order chi connectivity index (χ0) is 37.8. The molecule has 0 saturated carbocycles. The van der Waals surface area contributed by atoms with Gasteiger partial charge in [0.05, 0.1) is 63.8 Å². The van der Waals surface area contributed by atoms with Gasteiger partial charge in [-0.1, -0.05) is 36.5 Å². The molecule has 2 atom stereocenters. The predicted molar refractivity (Wildman–Crippen MR) is 205 cm³/mol. The summed E-state index contributed by atoms with van der Waals surface area (Å²) in [5.74, 6) is 0.794. The van der Waals surface area contributed by atoms with Gasteiger partial charge in [0.25, 0.3) is 5.91 Å². The van der Waals surface area contributed by atoms with Crippen molar-refractivity contribution in [2.75, 3.05) is 95.0 Å². The van der Waals surface area contributed by atoms with Crippen molar-refractivity contribution in [3.05, 3.63) is 78.1 Å². The molecule has 288 valence electrons. The van der Waals surface area contributed by atoms with Crippen LogP contribution in [0.3, 0.4) is 0 Å². The van der Waals surface area contributed by atoms with Crippen molar-refractivity contribution in [2.45, 2.75) is 32.2 Å². The molecule has 1 heterocycles. The average Bonchev–Trinajstić information content (AvgIpc) is 3.15. The summed E-state index contributed by atoms with van der Waals surface area (Å²) in [6.45, 7) is 9.01. The first-order chi connectivity index (χ1) is 25.7. The molecule has 0 radical (unpaired) electrons. The molecular formula is C37H54N10O6. The molecule has 0 saturated heterocycles. The van der Waals surface area contributed by atoms with Gasteiger partial charge in [0.1, 0.15) is 0 Å². The summed E-state index contributed by atoms with van der Waals surface area (Å²) in [6.07, 6.45) is 14.9. The Morgan fingerprint density at radius 1 is 0.755 bits per heavy atom. The summed E-state index contributed by atoms with van der Waals surface area (Å²) >= 11 is 0. The monoisotopic (exact) mass is 734 g/mol. The number of aromatic nitrogens is 3. The summed E-state index contributed by atoms with van der Waals surface area (Å²) < 4.78 is 22.0. The van der Waals surface area contributed by atoms with Crippen LogP contribution in [0.5, 0.6) is 0 Å². The maximum atomic E-state index is 12.6. The molecule has 16 nitrogen and oxygen atoms in total. The molecular weight excluding hydrogens is 680 g/mol. The molecule has 9 N–H and O–H groups in total. The minimum absolute atomic E-state index is 0.0117. The van der Waals surface area contributed by atoms with Gasteiger partial charge in [-0.2, -0.15) is 15.0 Å². The van der Waals surface area contributed by atoms with Crippen molar-refractivity contribution in [1.29, 1.82) is 0 Å². The largest absolute Gasteiger partial charge is 0.399 e. The molecule has 2 amide bonds. The number of hydrogen-bond acceptors (Lipinski definition) is 14. The van der Waals surface area contributed by atoms with E-state index in [1.807, 2.05) is 56.4 Å². The van der Waals surface area contributed by atoms with Crippen molar-refractivity contribution in [1.82, 2.24) is 25.6 Å². The second kappa shape index (κ2) is 21.6. The second-order valence-corrected chi connectivity index (χ2v) is 12.9. The van der Waals surface area contributed by atoms with Crippen LogP contribution in [-0.2, 0) is 23.7 Å². The third-order valence-electron chi connectivity index (χ3n) is 8.21. The molecule has 0 fully saturated rings. The zero-order valence-corrected chi connectivity index (χ0v) is 30.7. The molecule has 0 bridgehead atoms. The lowest BCUT2D eigenvalue weighted by Gasteiger charge is -2.29. The van der Waals surface area contributed by atoms with Crippen LogP contribution in [0.2, 0.25) is 0 Å². The highest BCUT2D eigenvalue weighted by atomic mass is 16.5. The van der Waals surface area contributed by atoms with E-state index >= 15 is 0 Å². The van der Waals surface area contributed by atoms with Crippen molar-refractivity contribution in [3.63, 3.8) is 0 Å². The predicted octanol–water partition coefficient (Wildman–Crippen LogP) is 2.39. The number of nitrogens with zero attached hydrogens (tertiary/aromatic N) is 3. The number of carbonyl (C=O) groups is 2. The third-order valence-corrected chi connectivity index (χ3v) is 8.21. The molecule has 1 aromatic heterocycles. The Morgan fingerprint density at radius 3 is 2.04 bits per heavy atom. The minimum Gasteiger partial charge on any atom is -0.399 e. The van der Waals surface area contributed by atoms with Crippen LogP contribution < -0.4 is 38.1 Å². The molecule has 2 aliphatic rings. The van der Waals surface area contributed by atoms with Gasteiger partial charge in [-0.3, -0.25) is 9.59 Å². The number of nitrogens with two attached hydrogens (primary N) is 2. The lowest BCUT2D eigenvalue weighted by atomic mass is 9.83. The van der Waals surface area contributed by atoms with Crippen LogP contribution in [0.4, 0.5) is 23.5 Å². The lowest BCUT2D eigenvalue weighted by Crippen LogP contribution is -2.39. The van der Waals surface area contributed by atoms with Crippen LogP contribution in [0, 0.1) is 5.41 Å². The van der Waals surface area contributed by atoms with Gasteiger partial charge in [-0.05, 0) is 57.0 Å². The van der Waals surface area contributed by atoms with Gasteiger partial charge in [-0.15, -0.1) is 0 Å². The number of allylic oxidation sites excluding steroid dienone is 4. The van der Waals surface area contributed by atoms with Gasteiger partial charge in [0.2, 0.25) is 23.8 Å². The number of benzene rings is 1. The zero-order valence-electron chi connectivity index (χ0n) is 30.7. The summed E-state index contributed by atoms with van der Waals surface area (Å²) in [6, 6.07) is 6.98. The fourth-order valence-corrected chi connectivity index (χ4v) is 5.13. The number of rotatable bonds is 24. The number of carbonyl (C=O) groups excluding carboxylic acids is 2. The molecule has 4 rings (SSSR count). The van der Waals surface area contributed by atoms with E-state index in [2.05, 4.69) is 41.5 Å². The average molecular weight is 735 g/mol. The Morgan fingerprint density at radius 2 is 1.40 bits per heavy atom. The Balaban J connectivity index is 1.22. The Hall–Kier alpha value is -4.87. The Bertz CT molecular complexity index is 1580. The maximum Gasteiger partial charge on any atom is 0.251 e.